The molecule has 0 radical (unpaired) electrons. The lowest BCUT2D eigenvalue weighted by atomic mass is 9.95. The summed E-state index contributed by atoms with van der Waals surface area (Å²) in [4.78, 5) is 12.7. The fraction of sp³-hybridized carbons (Fsp3) is 0.562. The molecule has 2 rings (SSSR count). The number of benzene rings is 1. The fourth-order valence-corrected chi connectivity index (χ4v) is 4.20. The Morgan fingerprint density at radius 3 is 2.27 bits per heavy atom. The van der Waals surface area contributed by atoms with Crippen molar-refractivity contribution in [2.24, 2.45) is 0 Å². The Morgan fingerprint density at radius 2 is 1.77 bits per heavy atom. The summed E-state index contributed by atoms with van der Waals surface area (Å²) in [6.07, 6.45) is 1.80. The minimum absolute atomic E-state index is 0.221. The van der Waals surface area contributed by atoms with Crippen LogP contribution in [-0.2, 0) is 14.6 Å². The zero-order valence-corrected chi connectivity index (χ0v) is 14.2. The Bertz CT molecular complexity index is 632. The van der Waals surface area contributed by atoms with Crippen LogP contribution in [0.4, 0.5) is 0 Å². The van der Waals surface area contributed by atoms with Crippen LogP contribution in [0.2, 0.25) is 0 Å². The van der Waals surface area contributed by atoms with Gasteiger partial charge in [-0.25, -0.2) is 8.42 Å². The van der Waals surface area contributed by atoms with Crippen LogP contribution >= 0.6 is 0 Å². The molecule has 22 heavy (non-hydrogen) atoms. The first kappa shape index (κ1) is 17.0. The largest absolute Gasteiger partial charge is 0.348 e. The van der Waals surface area contributed by atoms with E-state index < -0.39 is 14.6 Å². The maximum atomic E-state index is 12.7. The molecule has 0 bridgehead atoms. The van der Waals surface area contributed by atoms with Gasteiger partial charge in [0.05, 0.1) is 6.04 Å². The molecule has 1 aromatic rings. The van der Waals surface area contributed by atoms with Crippen molar-refractivity contribution in [2.75, 3.05) is 19.3 Å². The molecule has 1 aliphatic heterocycles. The zero-order chi connectivity index (χ0) is 16.4. The van der Waals surface area contributed by atoms with Crippen molar-refractivity contribution in [3.8, 4) is 0 Å². The molecule has 1 amide bonds. The average Bonchev–Trinajstić information content (AvgIpc) is 2.47. The molecule has 1 saturated heterocycles. The van der Waals surface area contributed by atoms with E-state index in [1.807, 2.05) is 38.1 Å². The quantitative estimate of drug-likeness (QED) is 0.876. The Hall–Kier alpha value is -1.40. The third kappa shape index (κ3) is 3.33. The number of hydrogen-bond acceptors (Lipinski definition) is 4. The van der Waals surface area contributed by atoms with Crippen LogP contribution in [0.5, 0.6) is 0 Å². The number of sulfone groups is 1. The predicted octanol–water partition coefficient (Wildman–Crippen LogP) is 1.34. The van der Waals surface area contributed by atoms with Gasteiger partial charge < -0.3 is 10.6 Å². The van der Waals surface area contributed by atoms with Crippen molar-refractivity contribution in [3.05, 3.63) is 35.4 Å². The molecule has 1 heterocycles. The molecule has 6 heteroatoms. The number of carbonyl (C=O) groups excluding carboxylic acids is 1. The fourth-order valence-electron chi connectivity index (χ4n) is 2.86. The normalized spacial score (nSPS) is 19.4. The van der Waals surface area contributed by atoms with Crippen LogP contribution in [0, 0.1) is 6.92 Å². The zero-order valence-electron chi connectivity index (χ0n) is 13.3. The molecule has 5 nitrogen and oxygen atoms in total. The van der Waals surface area contributed by atoms with E-state index in [-0.39, 0.29) is 11.9 Å². The van der Waals surface area contributed by atoms with E-state index in [1.54, 1.807) is 0 Å². The smallest absolute Gasteiger partial charge is 0.242 e. The van der Waals surface area contributed by atoms with Gasteiger partial charge >= 0.3 is 0 Å². The molecular formula is C16H24N2O3S. The second kappa shape index (κ2) is 6.38. The third-order valence-corrected chi connectivity index (χ3v) is 6.47. The van der Waals surface area contributed by atoms with Crippen molar-refractivity contribution in [3.63, 3.8) is 0 Å². The van der Waals surface area contributed by atoms with Gasteiger partial charge in [0.1, 0.15) is 0 Å². The molecular weight excluding hydrogens is 300 g/mol. The van der Waals surface area contributed by atoms with E-state index in [4.69, 9.17) is 0 Å². The summed E-state index contributed by atoms with van der Waals surface area (Å²) in [5, 5.41) is 6.00. The standard InChI is InChI=1S/C16H24N2O3S/c1-12-4-6-14(7-5-12)13(2)18-15(19)16(22(3,20)21)8-10-17-11-9-16/h4-7,13,17H,8-11H2,1-3H3,(H,18,19). The lowest BCUT2D eigenvalue weighted by Crippen LogP contribution is -2.57. The van der Waals surface area contributed by atoms with Crippen molar-refractivity contribution < 1.29 is 13.2 Å². The highest BCUT2D eigenvalue weighted by molar-refractivity contribution is 7.92. The predicted molar refractivity (Wildman–Crippen MR) is 87.4 cm³/mol. The monoisotopic (exact) mass is 324 g/mol. The van der Waals surface area contributed by atoms with Crippen LogP contribution < -0.4 is 10.6 Å². The molecule has 1 aliphatic rings. The van der Waals surface area contributed by atoms with Crippen molar-refractivity contribution in [1.82, 2.24) is 10.6 Å². The summed E-state index contributed by atoms with van der Waals surface area (Å²) in [6.45, 7) is 4.96. The van der Waals surface area contributed by atoms with Crippen molar-refractivity contribution in [1.29, 1.82) is 0 Å². The van der Waals surface area contributed by atoms with E-state index in [1.165, 1.54) is 0 Å². The van der Waals surface area contributed by atoms with E-state index >= 15 is 0 Å². The third-order valence-electron chi connectivity index (χ3n) is 4.46. The van der Waals surface area contributed by atoms with E-state index in [9.17, 15) is 13.2 Å². The maximum Gasteiger partial charge on any atom is 0.242 e. The number of hydrogen-bond donors (Lipinski definition) is 2. The molecule has 0 aliphatic carbocycles. The molecule has 2 N–H and O–H groups in total. The summed E-state index contributed by atoms with van der Waals surface area (Å²) in [5.74, 6) is -0.385. The number of carbonyl (C=O) groups is 1. The summed E-state index contributed by atoms with van der Waals surface area (Å²) in [6, 6.07) is 7.65. The Balaban J connectivity index is 2.20. The number of nitrogens with one attached hydrogen (secondary N) is 2. The first-order valence-electron chi connectivity index (χ1n) is 7.54. The first-order valence-corrected chi connectivity index (χ1v) is 9.43. The van der Waals surface area contributed by atoms with Crippen molar-refractivity contribution >= 4 is 15.7 Å². The topological polar surface area (TPSA) is 75.3 Å². The second-order valence-electron chi connectivity index (χ2n) is 6.12. The van der Waals surface area contributed by atoms with E-state index in [2.05, 4.69) is 10.6 Å². The number of piperidine rings is 1. The molecule has 1 atom stereocenters. The summed E-state index contributed by atoms with van der Waals surface area (Å²) < 4.78 is 23.1. The van der Waals surface area contributed by atoms with Crippen LogP contribution in [0.15, 0.2) is 24.3 Å². The van der Waals surface area contributed by atoms with Gasteiger partial charge in [-0.1, -0.05) is 29.8 Å². The average molecular weight is 324 g/mol. The maximum absolute atomic E-state index is 12.7. The Labute approximate surface area is 132 Å². The van der Waals surface area contributed by atoms with Gasteiger partial charge in [-0.2, -0.15) is 0 Å². The van der Waals surface area contributed by atoms with Gasteiger partial charge in [0.15, 0.2) is 14.6 Å². The molecule has 1 aromatic carbocycles. The highest BCUT2D eigenvalue weighted by Crippen LogP contribution is 2.29. The highest BCUT2D eigenvalue weighted by atomic mass is 32.2. The number of rotatable bonds is 4. The van der Waals surface area contributed by atoms with Gasteiger partial charge in [-0.15, -0.1) is 0 Å². The Kier molecular flexibility index (Phi) is 4.92. The molecule has 0 saturated carbocycles. The van der Waals surface area contributed by atoms with E-state index in [0.717, 1.165) is 17.4 Å². The number of amides is 1. The summed E-state index contributed by atoms with van der Waals surface area (Å²) >= 11 is 0. The van der Waals surface area contributed by atoms with Crippen LogP contribution in [0.1, 0.15) is 36.9 Å². The summed E-state index contributed by atoms with van der Waals surface area (Å²) in [5.41, 5.74) is 2.12. The van der Waals surface area contributed by atoms with Crippen molar-refractivity contribution in [2.45, 2.75) is 37.5 Å². The highest BCUT2D eigenvalue weighted by Gasteiger charge is 2.48. The van der Waals surface area contributed by atoms with Gasteiger partial charge in [0.2, 0.25) is 5.91 Å². The van der Waals surface area contributed by atoms with Crippen LogP contribution in [0.3, 0.4) is 0 Å². The SMILES string of the molecule is Cc1ccc(C(C)NC(=O)C2(S(C)(=O)=O)CCNCC2)cc1. The molecule has 0 aromatic heterocycles. The van der Waals surface area contributed by atoms with E-state index in [0.29, 0.717) is 25.9 Å². The van der Waals surface area contributed by atoms with Gasteiger partial charge in [0.25, 0.3) is 0 Å². The minimum Gasteiger partial charge on any atom is -0.348 e. The molecule has 1 fully saturated rings. The molecule has 0 spiro atoms. The Morgan fingerprint density at radius 1 is 1.23 bits per heavy atom. The van der Waals surface area contributed by atoms with Crippen LogP contribution in [0.25, 0.3) is 0 Å². The van der Waals surface area contributed by atoms with Gasteiger partial charge in [-0.05, 0) is 45.3 Å². The van der Waals surface area contributed by atoms with Gasteiger partial charge in [0, 0.05) is 6.26 Å². The molecule has 122 valence electrons. The number of aryl methyl sites for hydroxylation is 1. The molecule has 1 unspecified atom stereocenters. The second-order valence-corrected chi connectivity index (χ2v) is 8.45. The van der Waals surface area contributed by atoms with Crippen LogP contribution in [-0.4, -0.2) is 38.4 Å². The lowest BCUT2D eigenvalue weighted by molar-refractivity contribution is -0.125. The van der Waals surface area contributed by atoms with Gasteiger partial charge in [-0.3, -0.25) is 4.79 Å². The summed E-state index contributed by atoms with van der Waals surface area (Å²) in [7, 11) is -3.47. The lowest BCUT2D eigenvalue weighted by Gasteiger charge is -2.35. The first-order chi connectivity index (χ1) is 10.3. The minimum atomic E-state index is -3.47.